The van der Waals surface area contributed by atoms with Gasteiger partial charge in [-0.1, -0.05) is 30.4 Å². The number of carbonyl (C=O) groups is 2. The van der Waals surface area contributed by atoms with Crippen molar-refractivity contribution in [1.29, 1.82) is 0 Å². The number of benzene rings is 1. The van der Waals surface area contributed by atoms with Crippen LogP contribution >= 0.6 is 0 Å². The molecule has 2 aliphatic carbocycles. The Balaban J connectivity index is 1.53. The van der Waals surface area contributed by atoms with E-state index in [1.165, 1.54) is 4.90 Å². The third-order valence-corrected chi connectivity index (χ3v) is 4.48. The molecule has 1 N–H and O–H groups in total. The van der Waals surface area contributed by atoms with Gasteiger partial charge in [-0.3, -0.25) is 9.69 Å². The van der Waals surface area contributed by atoms with E-state index in [0.717, 1.165) is 12.1 Å². The van der Waals surface area contributed by atoms with Gasteiger partial charge in [-0.25, -0.2) is 4.79 Å². The molecule has 3 aliphatic rings. The Morgan fingerprint density at radius 3 is 2.68 bits per heavy atom. The molecule has 1 aromatic rings. The molecule has 1 saturated heterocycles. The van der Waals surface area contributed by atoms with E-state index in [0.29, 0.717) is 11.8 Å². The first-order valence-electron chi connectivity index (χ1n) is 6.63. The minimum absolute atomic E-state index is 0.0183. The molecule has 1 heterocycles. The number of hydrogen-bond donors (Lipinski definition) is 1. The lowest BCUT2D eigenvalue weighted by Crippen LogP contribution is -2.65. The number of imide groups is 1. The summed E-state index contributed by atoms with van der Waals surface area (Å²) in [5.74, 6) is 0.768. The number of likely N-dealkylation sites (tertiary alicyclic amines) is 1. The van der Waals surface area contributed by atoms with Crippen molar-refractivity contribution in [3.8, 4) is 0 Å². The van der Waals surface area contributed by atoms with Gasteiger partial charge in [0.25, 0.3) is 0 Å². The van der Waals surface area contributed by atoms with Crippen LogP contribution < -0.4 is 5.32 Å². The predicted octanol–water partition coefficient (Wildman–Crippen LogP) is 2.25. The summed E-state index contributed by atoms with van der Waals surface area (Å²) in [5, 5.41) is 2.79. The SMILES string of the molecule is O=C(Nc1ccccc1)N1C(=O)[C@H]2[C@@H]1[C@@H]1C=C[C@H]2C1. The molecule has 0 spiro atoms. The smallest absolute Gasteiger partial charge is 0.307 e. The predicted molar refractivity (Wildman–Crippen MR) is 70.3 cm³/mol. The number of allylic oxidation sites excluding steroid dienone is 1. The van der Waals surface area contributed by atoms with Crippen molar-refractivity contribution < 1.29 is 9.59 Å². The van der Waals surface area contributed by atoms with Gasteiger partial charge >= 0.3 is 6.03 Å². The van der Waals surface area contributed by atoms with E-state index < -0.39 is 0 Å². The first-order valence-corrected chi connectivity index (χ1v) is 6.63. The minimum atomic E-state index is -0.293. The molecule has 4 heteroatoms. The molecule has 1 saturated carbocycles. The monoisotopic (exact) mass is 254 g/mol. The van der Waals surface area contributed by atoms with Gasteiger partial charge in [-0.2, -0.15) is 0 Å². The third kappa shape index (κ3) is 1.40. The molecule has 4 nitrogen and oxygen atoms in total. The number of fused-ring (bicyclic) bond motifs is 5. The number of carbonyl (C=O) groups excluding carboxylic acids is 2. The van der Waals surface area contributed by atoms with Crippen molar-refractivity contribution >= 4 is 17.6 Å². The van der Waals surface area contributed by atoms with E-state index in [-0.39, 0.29) is 23.9 Å². The minimum Gasteiger partial charge on any atom is -0.307 e. The standard InChI is InChI=1S/C15H14N2O2/c18-14-12-9-6-7-10(8-9)13(12)17(14)15(19)16-11-4-2-1-3-5-11/h1-7,9-10,12-13H,8H2,(H,16,19)/t9-,10+,12+,13-/m0/s1. The summed E-state index contributed by atoms with van der Waals surface area (Å²) in [6.07, 6.45) is 5.31. The first-order chi connectivity index (χ1) is 9.25. The van der Waals surface area contributed by atoms with Crippen LogP contribution in [0, 0.1) is 17.8 Å². The number of anilines is 1. The van der Waals surface area contributed by atoms with Crippen molar-refractivity contribution in [2.45, 2.75) is 12.5 Å². The summed E-state index contributed by atoms with van der Waals surface area (Å²) in [7, 11) is 0. The molecule has 2 bridgehead atoms. The van der Waals surface area contributed by atoms with Crippen LogP contribution in [-0.2, 0) is 4.79 Å². The zero-order valence-electron chi connectivity index (χ0n) is 10.3. The van der Waals surface area contributed by atoms with Gasteiger partial charge in [0.15, 0.2) is 0 Å². The summed E-state index contributed by atoms with van der Waals surface area (Å²) in [5.41, 5.74) is 0.724. The van der Waals surface area contributed by atoms with Crippen LogP contribution in [0.5, 0.6) is 0 Å². The summed E-state index contributed by atoms with van der Waals surface area (Å²) < 4.78 is 0. The fraction of sp³-hybridized carbons (Fsp3) is 0.333. The van der Waals surface area contributed by atoms with Crippen LogP contribution in [0.2, 0.25) is 0 Å². The number of rotatable bonds is 1. The topological polar surface area (TPSA) is 49.4 Å². The lowest BCUT2D eigenvalue weighted by molar-refractivity contribution is -0.150. The van der Waals surface area contributed by atoms with E-state index in [1.54, 1.807) is 0 Å². The van der Waals surface area contributed by atoms with Crippen molar-refractivity contribution in [2.24, 2.45) is 17.8 Å². The number of nitrogens with one attached hydrogen (secondary N) is 1. The Labute approximate surface area is 111 Å². The molecule has 19 heavy (non-hydrogen) atoms. The van der Waals surface area contributed by atoms with Gasteiger partial charge in [-0.15, -0.1) is 0 Å². The number of nitrogens with zero attached hydrogens (tertiary/aromatic N) is 1. The van der Waals surface area contributed by atoms with E-state index >= 15 is 0 Å². The summed E-state index contributed by atoms with van der Waals surface area (Å²) in [6.45, 7) is 0. The summed E-state index contributed by atoms with van der Waals surface area (Å²) in [6, 6.07) is 9.04. The molecular weight excluding hydrogens is 240 g/mol. The van der Waals surface area contributed by atoms with Gasteiger partial charge < -0.3 is 5.32 Å². The van der Waals surface area contributed by atoms with E-state index in [1.807, 2.05) is 30.3 Å². The highest BCUT2D eigenvalue weighted by Gasteiger charge is 2.62. The normalized spacial score (nSPS) is 34.1. The molecule has 3 amide bonds. The number of β-lactam (4-membered cyclic amide) rings is 1. The number of hydrogen-bond acceptors (Lipinski definition) is 2. The fourth-order valence-electron chi connectivity index (χ4n) is 3.64. The quantitative estimate of drug-likeness (QED) is 0.617. The molecular formula is C15H14N2O2. The molecule has 96 valence electrons. The largest absolute Gasteiger partial charge is 0.328 e. The first kappa shape index (κ1) is 10.8. The Kier molecular flexibility index (Phi) is 2.10. The Bertz CT molecular complexity index is 581. The second-order valence-electron chi connectivity index (χ2n) is 5.47. The zero-order chi connectivity index (χ0) is 13.0. The highest BCUT2D eigenvalue weighted by atomic mass is 16.2. The highest BCUT2D eigenvalue weighted by Crippen LogP contribution is 2.52. The van der Waals surface area contributed by atoms with Crippen LogP contribution in [0.4, 0.5) is 10.5 Å². The molecule has 1 aliphatic heterocycles. The molecule has 0 radical (unpaired) electrons. The molecule has 1 aromatic carbocycles. The fourth-order valence-corrected chi connectivity index (χ4v) is 3.64. The average molecular weight is 254 g/mol. The maximum atomic E-state index is 12.2. The van der Waals surface area contributed by atoms with Gasteiger partial charge in [0, 0.05) is 5.69 Å². The summed E-state index contributed by atoms with van der Waals surface area (Å²) in [4.78, 5) is 25.7. The highest BCUT2D eigenvalue weighted by molar-refractivity contribution is 6.07. The Morgan fingerprint density at radius 1 is 1.16 bits per heavy atom. The van der Waals surface area contributed by atoms with Crippen LogP contribution in [0.25, 0.3) is 0 Å². The van der Waals surface area contributed by atoms with Crippen molar-refractivity contribution in [1.82, 2.24) is 4.90 Å². The van der Waals surface area contributed by atoms with E-state index in [2.05, 4.69) is 17.5 Å². The van der Waals surface area contributed by atoms with Crippen molar-refractivity contribution in [2.75, 3.05) is 5.32 Å². The van der Waals surface area contributed by atoms with Crippen LogP contribution in [0.15, 0.2) is 42.5 Å². The van der Waals surface area contributed by atoms with E-state index in [4.69, 9.17) is 0 Å². The van der Waals surface area contributed by atoms with Crippen molar-refractivity contribution in [3.63, 3.8) is 0 Å². The average Bonchev–Trinajstić information content (AvgIpc) is 2.97. The summed E-state index contributed by atoms with van der Waals surface area (Å²) >= 11 is 0. The second-order valence-corrected chi connectivity index (χ2v) is 5.47. The second kappa shape index (κ2) is 3.70. The van der Waals surface area contributed by atoms with Crippen LogP contribution in [0.3, 0.4) is 0 Å². The Hall–Kier alpha value is -2.10. The number of para-hydroxylation sites is 1. The number of urea groups is 1. The molecule has 0 aromatic heterocycles. The van der Waals surface area contributed by atoms with Gasteiger partial charge in [0.2, 0.25) is 5.91 Å². The lowest BCUT2D eigenvalue weighted by Gasteiger charge is -2.46. The van der Waals surface area contributed by atoms with Crippen LogP contribution in [-0.4, -0.2) is 22.9 Å². The third-order valence-electron chi connectivity index (χ3n) is 4.48. The van der Waals surface area contributed by atoms with Gasteiger partial charge in [-0.05, 0) is 30.4 Å². The maximum Gasteiger partial charge on any atom is 0.328 e. The lowest BCUT2D eigenvalue weighted by atomic mass is 9.79. The molecule has 2 fully saturated rings. The van der Waals surface area contributed by atoms with Gasteiger partial charge in [0.1, 0.15) is 0 Å². The maximum absolute atomic E-state index is 12.2. The van der Waals surface area contributed by atoms with E-state index in [9.17, 15) is 9.59 Å². The molecule has 0 unspecified atom stereocenters. The molecule has 4 rings (SSSR count). The van der Waals surface area contributed by atoms with Gasteiger partial charge in [0.05, 0.1) is 12.0 Å². The Morgan fingerprint density at radius 2 is 1.89 bits per heavy atom. The molecule has 4 atom stereocenters. The number of amides is 3. The van der Waals surface area contributed by atoms with Crippen LogP contribution in [0.1, 0.15) is 6.42 Å². The zero-order valence-corrected chi connectivity index (χ0v) is 10.3. The van der Waals surface area contributed by atoms with Crippen molar-refractivity contribution in [3.05, 3.63) is 42.5 Å².